The zero-order chi connectivity index (χ0) is 37.9. The maximum atomic E-state index is 13.7. The van der Waals surface area contributed by atoms with E-state index in [-0.39, 0.29) is 26.3 Å². The minimum absolute atomic E-state index is 0.202. The molecule has 0 rings (SSSR count). The van der Waals surface area contributed by atoms with Crippen LogP contribution in [-0.2, 0) is 50.9 Å². The molecule has 0 spiro atoms. The lowest BCUT2D eigenvalue weighted by Crippen LogP contribution is -2.54. The van der Waals surface area contributed by atoms with Crippen molar-refractivity contribution in [3.8, 4) is 0 Å². The highest BCUT2D eigenvalue weighted by Crippen LogP contribution is 2.45. The summed E-state index contributed by atoms with van der Waals surface area (Å²) < 4.78 is 193. The Bertz CT molecular complexity index is 1070. The highest BCUT2D eigenvalue weighted by molar-refractivity contribution is 7.46. The van der Waals surface area contributed by atoms with Crippen LogP contribution in [0.1, 0.15) is 0 Å². The topological polar surface area (TPSA) is 163 Å². The average Bonchev–Trinajstić information content (AvgIpc) is 2.79. The number of phosphoric ester groups is 2. The van der Waals surface area contributed by atoms with Crippen LogP contribution in [0.3, 0.4) is 0 Å². The van der Waals surface area contributed by atoms with Crippen molar-refractivity contribution in [3.05, 3.63) is 0 Å². The van der Waals surface area contributed by atoms with E-state index in [2.05, 4.69) is 41.8 Å². The summed E-state index contributed by atoms with van der Waals surface area (Å²) in [4.78, 5) is 23.1. The summed E-state index contributed by atoms with van der Waals surface area (Å²) in [5, 5.41) is 0. The lowest BCUT2D eigenvalue weighted by Gasteiger charge is -2.31. The number of alkyl halides is 10. The highest BCUT2D eigenvalue weighted by Gasteiger charge is 2.68. The number of hydrogen-bond acceptors (Lipinski definition) is 13. The van der Waals surface area contributed by atoms with Crippen molar-refractivity contribution < 1.29 is 114 Å². The molecule has 0 saturated heterocycles. The van der Waals surface area contributed by atoms with Crippen molar-refractivity contribution in [2.45, 2.75) is 30.7 Å². The van der Waals surface area contributed by atoms with E-state index in [1.807, 2.05) is 0 Å². The van der Waals surface area contributed by atoms with Crippen LogP contribution in [0.15, 0.2) is 0 Å². The summed E-state index contributed by atoms with van der Waals surface area (Å²) in [6, 6.07) is 0. The minimum Gasteiger partial charge on any atom is -0.756 e. The molecule has 0 saturated carbocycles. The predicted octanol–water partition coefficient (Wildman–Crippen LogP) is 2.41. The molecule has 2 unspecified atom stereocenters. The maximum Gasteiger partial charge on any atom is 0.495 e. The van der Waals surface area contributed by atoms with Crippen molar-refractivity contribution in [1.29, 1.82) is 0 Å². The molecule has 0 N–H and O–H groups in total. The summed E-state index contributed by atoms with van der Waals surface area (Å²) in [7, 11) is 0.318. The molecule has 27 heteroatoms. The number of quaternary nitrogens is 2. The summed E-state index contributed by atoms with van der Waals surface area (Å²) in [5.41, 5.74) is 0. The van der Waals surface area contributed by atoms with Gasteiger partial charge in [-0.25, -0.2) is 14.2 Å². The van der Waals surface area contributed by atoms with E-state index >= 15 is 0 Å². The van der Waals surface area contributed by atoms with Crippen LogP contribution in [-0.4, -0.2) is 148 Å². The van der Waals surface area contributed by atoms with Gasteiger partial charge in [0, 0.05) is 0 Å². The predicted molar refractivity (Wildman–Crippen MR) is 134 cm³/mol. The first-order valence-electron chi connectivity index (χ1n) is 13.2. The molecule has 0 aliphatic rings. The Kier molecular flexibility index (Phi) is 17.8. The summed E-state index contributed by atoms with van der Waals surface area (Å²) in [6.07, 6.45) is -30.4. The summed E-state index contributed by atoms with van der Waals surface area (Å²) >= 11 is 0. The summed E-state index contributed by atoms with van der Waals surface area (Å²) in [5.74, 6) is 0. The molecule has 0 bridgehead atoms. The number of hydrogen-bond donors (Lipinski definition) is 0. The first-order valence-corrected chi connectivity index (χ1v) is 16.1. The van der Waals surface area contributed by atoms with E-state index < -0.39 is 86.0 Å². The number of rotatable bonds is 27. The van der Waals surface area contributed by atoms with E-state index in [0.717, 1.165) is 0 Å². The fourth-order valence-electron chi connectivity index (χ4n) is 2.43. The number of nitrogens with zero attached hydrogens (tertiary/aromatic N) is 2. The van der Waals surface area contributed by atoms with Crippen molar-refractivity contribution in [2.75, 3.05) is 108 Å². The van der Waals surface area contributed by atoms with Gasteiger partial charge in [-0.1, -0.05) is 0 Å². The Morgan fingerprint density at radius 1 is 0.500 bits per heavy atom. The quantitative estimate of drug-likeness (QED) is 0.0393. The van der Waals surface area contributed by atoms with Gasteiger partial charge in [0.15, 0.2) is 0 Å². The third-order valence-electron chi connectivity index (χ3n) is 4.65. The van der Waals surface area contributed by atoms with Gasteiger partial charge in [-0.3, -0.25) is 9.13 Å². The highest BCUT2D eigenvalue weighted by atomic mass is 31.2. The van der Waals surface area contributed by atoms with Gasteiger partial charge in [0.2, 0.25) is 0 Å². The van der Waals surface area contributed by atoms with E-state index in [1.54, 1.807) is 42.3 Å². The van der Waals surface area contributed by atoms with Crippen molar-refractivity contribution in [3.63, 3.8) is 0 Å². The molecule has 0 aromatic heterocycles. The average molecular weight is 778 g/mol. The standard InChI is InChI=1S/C21H38F10N2O13P2/c1-32(2,3)7-9-40-47(34,35)42-13-11-38-15-17(22,23)44-19(26,27)20(28,29)46-21(30,31)45-18(24,25)16-39-12-14-43-48(36,37)41-10-8-33(4,5)6/h7-16H2,1-6H3. The Morgan fingerprint density at radius 3 is 1.17 bits per heavy atom. The fraction of sp³-hybridized carbons (Fsp3) is 1.00. The lowest BCUT2D eigenvalue weighted by atomic mass is 10.5. The van der Waals surface area contributed by atoms with Gasteiger partial charge in [-0.15, -0.1) is 8.78 Å². The molecular formula is C21H38F10N2O13P2. The third kappa shape index (κ3) is 22.9. The second-order valence-electron chi connectivity index (χ2n) is 11.4. The van der Waals surface area contributed by atoms with E-state index in [1.165, 1.54) is 0 Å². The lowest BCUT2D eigenvalue weighted by molar-refractivity contribution is -0.870. The maximum absolute atomic E-state index is 13.7. The van der Waals surface area contributed by atoms with Gasteiger partial charge in [0.1, 0.15) is 39.5 Å². The molecule has 15 nitrogen and oxygen atoms in total. The van der Waals surface area contributed by atoms with Crippen LogP contribution < -0.4 is 9.79 Å². The molecule has 0 aromatic rings. The van der Waals surface area contributed by atoms with E-state index in [4.69, 9.17) is 0 Å². The van der Waals surface area contributed by atoms with Gasteiger partial charge >= 0.3 is 30.7 Å². The van der Waals surface area contributed by atoms with Crippen LogP contribution in [0.4, 0.5) is 43.9 Å². The normalized spacial score (nSPS) is 17.0. The van der Waals surface area contributed by atoms with Crippen LogP contribution in [0.25, 0.3) is 0 Å². The smallest absolute Gasteiger partial charge is 0.495 e. The SMILES string of the molecule is C[N+](C)(C)CCOP(=O)([O-])OCCOCC(F)(F)OC(F)(F)OC(F)(F)C(F)(F)OC(F)(F)COCCOP(=O)([O-])OCC[N+](C)(C)C. The third-order valence-corrected chi connectivity index (χ3v) is 6.64. The Morgan fingerprint density at radius 2 is 0.812 bits per heavy atom. The van der Waals surface area contributed by atoms with Gasteiger partial charge < -0.3 is 46.3 Å². The van der Waals surface area contributed by atoms with Gasteiger partial charge in [0.05, 0.1) is 68.7 Å². The first kappa shape index (κ1) is 47.2. The Labute approximate surface area is 268 Å². The Hall–Kier alpha value is -0.760. The molecule has 0 amide bonds. The summed E-state index contributed by atoms with van der Waals surface area (Å²) in [6.45, 7) is -8.91. The molecule has 48 heavy (non-hydrogen) atoms. The first-order chi connectivity index (χ1) is 21.2. The number of halogens is 10. The molecule has 0 radical (unpaired) electrons. The van der Waals surface area contributed by atoms with E-state index in [9.17, 15) is 62.8 Å². The van der Waals surface area contributed by atoms with Crippen molar-refractivity contribution in [1.82, 2.24) is 0 Å². The van der Waals surface area contributed by atoms with Crippen LogP contribution in [0.2, 0.25) is 0 Å². The van der Waals surface area contributed by atoms with E-state index in [0.29, 0.717) is 8.97 Å². The van der Waals surface area contributed by atoms with Crippen LogP contribution >= 0.6 is 15.6 Å². The Balaban J connectivity index is 4.79. The van der Waals surface area contributed by atoms with Crippen molar-refractivity contribution >= 4 is 15.6 Å². The van der Waals surface area contributed by atoms with Gasteiger partial charge in [-0.2, -0.15) is 35.1 Å². The minimum atomic E-state index is -6.76. The van der Waals surface area contributed by atoms with Gasteiger partial charge in [0.25, 0.3) is 15.6 Å². The number of likely N-dealkylation sites (N-methyl/N-ethyl adjacent to an activating group) is 2. The van der Waals surface area contributed by atoms with Crippen LogP contribution in [0.5, 0.6) is 0 Å². The molecule has 0 aliphatic heterocycles. The van der Waals surface area contributed by atoms with Crippen molar-refractivity contribution in [2.24, 2.45) is 0 Å². The number of phosphoric acid groups is 2. The fourth-order valence-corrected chi connectivity index (χ4v) is 3.79. The zero-order valence-electron chi connectivity index (χ0n) is 26.4. The monoisotopic (exact) mass is 778 g/mol. The zero-order valence-corrected chi connectivity index (χ0v) is 28.2. The molecule has 2 atom stereocenters. The molecule has 0 aliphatic carbocycles. The van der Waals surface area contributed by atoms with Gasteiger partial charge in [-0.05, 0) is 0 Å². The number of ether oxygens (including phenoxy) is 5. The largest absolute Gasteiger partial charge is 0.756 e. The molecule has 0 heterocycles. The van der Waals surface area contributed by atoms with Crippen LogP contribution in [0, 0.1) is 0 Å². The second-order valence-corrected chi connectivity index (χ2v) is 14.3. The molecule has 290 valence electrons. The second kappa shape index (κ2) is 18.1. The molecular weight excluding hydrogens is 740 g/mol. The molecule has 0 fully saturated rings. The molecule has 0 aromatic carbocycles.